The molecule has 3 aromatic rings. The van der Waals surface area contributed by atoms with E-state index in [9.17, 15) is 0 Å². The van der Waals surface area contributed by atoms with Gasteiger partial charge < -0.3 is 0 Å². The third kappa shape index (κ3) is 2.41. The molecule has 3 rings (SSSR count). The fourth-order valence-electron chi connectivity index (χ4n) is 2.46. The normalized spacial score (nSPS) is 12.5. The van der Waals surface area contributed by atoms with Gasteiger partial charge in [-0.25, -0.2) is 5.43 Å². The lowest BCUT2D eigenvalue weighted by Gasteiger charge is -2.17. The Morgan fingerprint density at radius 3 is 2.50 bits per heavy atom. The fraction of sp³-hybridized carbons (Fsp3) is 0.118. The van der Waals surface area contributed by atoms with Gasteiger partial charge >= 0.3 is 0 Å². The Labute approximate surface area is 118 Å². The van der Waals surface area contributed by atoms with Crippen molar-refractivity contribution in [3.05, 3.63) is 77.5 Å². The molecule has 0 aliphatic carbocycles. The van der Waals surface area contributed by atoms with E-state index in [0.29, 0.717) is 0 Å². The van der Waals surface area contributed by atoms with Crippen molar-refractivity contribution < 1.29 is 0 Å². The molecule has 0 aliphatic heterocycles. The minimum absolute atomic E-state index is 0.0121. The highest BCUT2D eigenvalue weighted by molar-refractivity contribution is 5.79. The third-order valence-corrected chi connectivity index (χ3v) is 3.49. The summed E-state index contributed by atoms with van der Waals surface area (Å²) in [6.07, 6.45) is 0. The predicted octanol–water partition coefficient (Wildman–Crippen LogP) is 3.10. The van der Waals surface area contributed by atoms with Crippen molar-refractivity contribution in [2.75, 3.05) is 0 Å². The van der Waals surface area contributed by atoms with Crippen LogP contribution in [0.1, 0.15) is 22.9 Å². The molecule has 0 amide bonds. The maximum absolute atomic E-state index is 5.74. The molecule has 3 nitrogen and oxygen atoms in total. The second-order valence-corrected chi connectivity index (χ2v) is 4.92. The summed E-state index contributed by atoms with van der Waals surface area (Å²) in [6, 6.07) is 20.6. The number of aromatic nitrogens is 1. The summed E-state index contributed by atoms with van der Waals surface area (Å²) in [7, 11) is 0. The molecule has 0 radical (unpaired) electrons. The van der Waals surface area contributed by atoms with Crippen LogP contribution in [-0.2, 0) is 0 Å². The lowest BCUT2D eigenvalue weighted by atomic mass is 9.98. The summed E-state index contributed by atoms with van der Waals surface area (Å²) in [5.41, 5.74) is 7.21. The zero-order chi connectivity index (χ0) is 13.9. The SMILES string of the molecule is Cc1ccc2cc(C(NN)c3ccccc3)ccc2n1. The van der Waals surface area contributed by atoms with Crippen LogP contribution >= 0.6 is 0 Å². The number of nitrogens with two attached hydrogens (primary N) is 1. The Balaban J connectivity index is 2.06. The lowest BCUT2D eigenvalue weighted by molar-refractivity contribution is 0.637. The summed E-state index contributed by atoms with van der Waals surface area (Å²) >= 11 is 0. The van der Waals surface area contributed by atoms with Crippen LogP contribution in [0.15, 0.2) is 60.7 Å². The van der Waals surface area contributed by atoms with E-state index in [-0.39, 0.29) is 6.04 Å². The molecule has 1 aromatic heterocycles. The second kappa shape index (κ2) is 5.41. The topological polar surface area (TPSA) is 50.9 Å². The standard InChI is InChI=1S/C17H17N3/c1-12-7-8-14-11-15(9-10-16(14)19-12)17(20-18)13-5-3-2-4-6-13/h2-11,17,20H,18H2,1H3. The number of aryl methyl sites for hydroxylation is 1. The van der Waals surface area contributed by atoms with Crippen LogP contribution in [0.5, 0.6) is 0 Å². The molecule has 0 fully saturated rings. The largest absolute Gasteiger partial charge is 0.271 e. The number of nitrogens with zero attached hydrogens (tertiary/aromatic N) is 1. The molecule has 1 atom stereocenters. The predicted molar refractivity (Wildman–Crippen MR) is 82.1 cm³/mol. The molecular formula is C17H17N3. The molecule has 0 aliphatic rings. The van der Waals surface area contributed by atoms with Gasteiger partial charge in [0.25, 0.3) is 0 Å². The summed E-state index contributed by atoms with van der Waals surface area (Å²) in [5, 5.41) is 1.13. The van der Waals surface area contributed by atoms with Gasteiger partial charge in [-0.2, -0.15) is 0 Å². The van der Waals surface area contributed by atoms with Gasteiger partial charge in [0.1, 0.15) is 0 Å². The van der Waals surface area contributed by atoms with Crippen LogP contribution in [0.2, 0.25) is 0 Å². The lowest BCUT2D eigenvalue weighted by Crippen LogP contribution is -2.28. The number of nitrogens with one attached hydrogen (secondary N) is 1. The van der Waals surface area contributed by atoms with Crippen LogP contribution in [-0.4, -0.2) is 4.98 Å². The van der Waals surface area contributed by atoms with Crippen LogP contribution in [0.3, 0.4) is 0 Å². The minimum Gasteiger partial charge on any atom is -0.271 e. The zero-order valence-electron chi connectivity index (χ0n) is 11.4. The van der Waals surface area contributed by atoms with Crippen LogP contribution in [0.25, 0.3) is 10.9 Å². The Hall–Kier alpha value is -2.23. The van der Waals surface area contributed by atoms with E-state index in [2.05, 4.69) is 40.7 Å². The first-order chi connectivity index (χ1) is 9.78. The number of hydrazine groups is 1. The van der Waals surface area contributed by atoms with Crippen molar-refractivity contribution >= 4 is 10.9 Å². The van der Waals surface area contributed by atoms with Gasteiger partial charge in [-0.05, 0) is 36.2 Å². The van der Waals surface area contributed by atoms with Crippen molar-refractivity contribution in [1.82, 2.24) is 10.4 Å². The number of benzene rings is 2. The van der Waals surface area contributed by atoms with E-state index < -0.39 is 0 Å². The van der Waals surface area contributed by atoms with E-state index in [1.807, 2.05) is 37.3 Å². The molecule has 3 N–H and O–H groups in total. The summed E-state index contributed by atoms with van der Waals surface area (Å²) < 4.78 is 0. The first-order valence-electron chi connectivity index (χ1n) is 6.66. The molecule has 0 bridgehead atoms. The summed E-state index contributed by atoms with van der Waals surface area (Å²) in [6.45, 7) is 2.00. The third-order valence-electron chi connectivity index (χ3n) is 3.49. The van der Waals surface area contributed by atoms with E-state index in [0.717, 1.165) is 27.7 Å². The van der Waals surface area contributed by atoms with Crippen molar-refractivity contribution in [3.63, 3.8) is 0 Å². The van der Waals surface area contributed by atoms with Crippen molar-refractivity contribution in [2.24, 2.45) is 5.84 Å². The Bertz CT molecular complexity index is 723. The Kier molecular flexibility index (Phi) is 3.46. The summed E-state index contributed by atoms with van der Waals surface area (Å²) in [5.74, 6) is 5.74. The van der Waals surface area contributed by atoms with Gasteiger partial charge in [-0.15, -0.1) is 0 Å². The molecule has 20 heavy (non-hydrogen) atoms. The number of rotatable bonds is 3. The highest BCUT2D eigenvalue weighted by atomic mass is 15.2. The van der Waals surface area contributed by atoms with E-state index in [1.165, 1.54) is 0 Å². The van der Waals surface area contributed by atoms with Crippen LogP contribution in [0.4, 0.5) is 0 Å². The number of hydrogen-bond donors (Lipinski definition) is 2. The van der Waals surface area contributed by atoms with Gasteiger partial charge in [-0.3, -0.25) is 10.8 Å². The highest BCUT2D eigenvalue weighted by Crippen LogP contribution is 2.24. The van der Waals surface area contributed by atoms with Gasteiger partial charge in [0.15, 0.2) is 0 Å². The van der Waals surface area contributed by atoms with Crippen LogP contribution in [0, 0.1) is 6.92 Å². The molecule has 0 saturated heterocycles. The van der Waals surface area contributed by atoms with E-state index in [1.54, 1.807) is 0 Å². The molecule has 1 unspecified atom stereocenters. The molecule has 100 valence electrons. The van der Waals surface area contributed by atoms with Gasteiger partial charge in [0.05, 0.1) is 11.6 Å². The Morgan fingerprint density at radius 1 is 0.950 bits per heavy atom. The molecule has 0 saturated carbocycles. The monoisotopic (exact) mass is 263 g/mol. The quantitative estimate of drug-likeness (QED) is 0.564. The van der Waals surface area contributed by atoms with Crippen LogP contribution < -0.4 is 11.3 Å². The Morgan fingerprint density at radius 2 is 1.75 bits per heavy atom. The number of fused-ring (bicyclic) bond motifs is 1. The average molecular weight is 263 g/mol. The number of hydrogen-bond acceptors (Lipinski definition) is 3. The van der Waals surface area contributed by atoms with E-state index in [4.69, 9.17) is 5.84 Å². The van der Waals surface area contributed by atoms with Crippen molar-refractivity contribution in [3.8, 4) is 0 Å². The fourth-order valence-corrected chi connectivity index (χ4v) is 2.46. The smallest absolute Gasteiger partial charge is 0.0710 e. The molecule has 2 aromatic carbocycles. The van der Waals surface area contributed by atoms with Gasteiger partial charge in [-0.1, -0.05) is 42.5 Å². The van der Waals surface area contributed by atoms with Gasteiger partial charge in [0.2, 0.25) is 0 Å². The first-order valence-corrected chi connectivity index (χ1v) is 6.66. The minimum atomic E-state index is -0.0121. The van der Waals surface area contributed by atoms with Crippen molar-refractivity contribution in [1.29, 1.82) is 0 Å². The maximum Gasteiger partial charge on any atom is 0.0710 e. The maximum atomic E-state index is 5.74. The molecule has 0 spiro atoms. The molecular weight excluding hydrogens is 246 g/mol. The molecule has 1 heterocycles. The van der Waals surface area contributed by atoms with Gasteiger partial charge in [0, 0.05) is 11.1 Å². The second-order valence-electron chi connectivity index (χ2n) is 4.92. The summed E-state index contributed by atoms with van der Waals surface area (Å²) in [4.78, 5) is 4.52. The average Bonchev–Trinajstić information content (AvgIpc) is 2.49. The van der Waals surface area contributed by atoms with E-state index >= 15 is 0 Å². The van der Waals surface area contributed by atoms with Crippen molar-refractivity contribution in [2.45, 2.75) is 13.0 Å². The first kappa shape index (κ1) is 12.8. The zero-order valence-corrected chi connectivity index (χ0v) is 11.4. The highest BCUT2D eigenvalue weighted by Gasteiger charge is 2.12. The number of pyridine rings is 1. The molecule has 3 heteroatoms.